The van der Waals surface area contributed by atoms with E-state index in [1.54, 1.807) is 36.4 Å². The lowest BCUT2D eigenvalue weighted by Gasteiger charge is -2.18. The molecule has 2 aromatic carbocycles. The second-order valence-electron chi connectivity index (χ2n) is 7.52. The van der Waals surface area contributed by atoms with Crippen LogP contribution in [0.15, 0.2) is 65.2 Å². The average molecular weight is 437 g/mol. The molecule has 0 radical (unpaired) electrons. The number of rotatable bonds is 3. The van der Waals surface area contributed by atoms with Crippen LogP contribution in [0.1, 0.15) is 16.8 Å². The number of nitrogens with one attached hydrogen (secondary N) is 1. The predicted molar refractivity (Wildman–Crippen MR) is 109 cm³/mol. The fourth-order valence-corrected chi connectivity index (χ4v) is 4.94. The molecule has 0 unspecified atom stereocenters. The van der Waals surface area contributed by atoms with E-state index >= 15 is 0 Å². The highest BCUT2D eigenvalue weighted by atomic mass is 79.9. The third-order valence-corrected chi connectivity index (χ3v) is 6.47. The van der Waals surface area contributed by atoms with Gasteiger partial charge in [-0.2, -0.15) is 0 Å². The molecule has 1 heterocycles. The number of imide groups is 1. The largest absolute Gasteiger partial charge is 0.322 e. The summed E-state index contributed by atoms with van der Waals surface area (Å²) in [6.07, 6.45) is 5.04. The lowest BCUT2D eigenvalue weighted by atomic mass is 9.85. The van der Waals surface area contributed by atoms with Crippen LogP contribution >= 0.6 is 15.9 Å². The third-order valence-electron chi connectivity index (χ3n) is 5.94. The minimum absolute atomic E-state index is 0.141. The first-order chi connectivity index (χ1) is 13.5. The van der Waals surface area contributed by atoms with Gasteiger partial charge in [0.1, 0.15) is 0 Å². The first-order valence-corrected chi connectivity index (χ1v) is 10.1. The molecule has 5 nitrogen and oxygen atoms in total. The van der Waals surface area contributed by atoms with Gasteiger partial charge in [-0.05, 0) is 60.7 Å². The number of hydrogen-bond donors (Lipinski definition) is 1. The van der Waals surface area contributed by atoms with E-state index in [4.69, 9.17) is 0 Å². The third kappa shape index (κ3) is 2.63. The predicted octanol–water partition coefficient (Wildman–Crippen LogP) is 4.01. The van der Waals surface area contributed by atoms with Crippen LogP contribution in [0.4, 0.5) is 11.4 Å². The Morgan fingerprint density at radius 2 is 1.61 bits per heavy atom. The van der Waals surface area contributed by atoms with Gasteiger partial charge in [-0.1, -0.05) is 34.1 Å². The van der Waals surface area contributed by atoms with Crippen molar-refractivity contribution in [1.82, 2.24) is 0 Å². The lowest BCUT2D eigenvalue weighted by Crippen LogP contribution is -2.33. The molecule has 140 valence electrons. The van der Waals surface area contributed by atoms with Gasteiger partial charge in [0.25, 0.3) is 5.91 Å². The molecule has 5 rings (SSSR count). The highest BCUT2D eigenvalue weighted by Gasteiger charge is 2.59. The molecule has 1 N–H and O–H groups in total. The molecule has 2 aromatic rings. The molecule has 1 aliphatic heterocycles. The van der Waals surface area contributed by atoms with Crippen LogP contribution in [0.5, 0.6) is 0 Å². The Morgan fingerprint density at radius 1 is 0.964 bits per heavy atom. The van der Waals surface area contributed by atoms with Crippen molar-refractivity contribution < 1.29 is 14.4 Å². The number of anilines is 2. The summed E-state index contributed by atoms with van der Waals surface area (Å²) in [5, 5.41) is 2.83. The van der Waals surface area contributed by atoms with Crippen molar-refractivity contribution >= 4 is 45.0 Å². The van der Waals surface area contributed by atoms with Gasteiger partial charge in [0, 0.05) is 15.7 Å². The van der Waals surface area contributed by atoms with Gasteiger partial charge in [-0.3, -0.25) is 14.4 Å². The molecule has 0 aromatic heterocycles. The van der Waals surface area contributed by atoms with Gasteiger partial charge in [-0.15, -0.1) is 0 Å². The monoisotopic (exact) mass is 436 g/mol. The fourth-order valence-electron chi connectivity index (χ4n) is 4.68. The van der Waals surface area contributed by atoms with E-state index < -0.39 is 0 Å². The van der Waals surface area contributed by atoms with Crippen LogP contribution in [0.3, 0.4) is 0 Å². The Morgan fingerprint density at radius 3 is 2.25 bits per heavy atom. The second kappa shape index (κ2) is 6.41. The van der Waals surface area contributed by atoms with Crippen molar-refractivity contribution in [2.45, 2.75) is 6.42 Å². The van der Waals surface area contributed by atoms with Crippen LogP contribution < -0.4 is 10.2 Å². The molecule has 28 heavy (non-hydrogen) atoms. The van der Waals surface area contributed by atoms with E-state index in [9.17, 15) is 14.4 Å². The number of allylic oxidation sites excluding steroid dienone is 2. The van der Waals surface area contributed by atoms with E-state index in [1.165, 1.54) is 4.90 Å². The van der Waals surface area contributed by atoms with Crippen LogP contribution in [0, 0.1) is 23.7 Å². The van der Waals surface area contributed by atoms with Gasteiger partial charge in [-0.25, -0.2) is 4.90 Å². The number of carbonyl (C=O) groups excluding carboxylic acids is 3. The number of carbonyl (C=O) groups is 3. The van der Waals surface area contributed by atoms with E-state index in [-0.39, 0.29) is 41.4 Å². The number of benzene rings is 2. The van der Waals surface area contributed by atoms with Crippen LogP contribution in [0.2, 0.25) is 0 Å². The Hall–Kier alpha value is -2.73. The molecular weight excluding hydrogens is 420 g/mol. The maximum Gasteiger partial charge on any atom is 0.255 e. The zero-order valence-electron chi connectivity index (χ0n) is 14.8. The number of fused-ring (bicyclic) bond motifs is 5. The molecule has 3 aliphatic rings. The molecular formula is C22H17BrN2O3. The van der Waals surface area contributed by atoms with Crippen LogP contribution in [-0.4, -0.2) is 17.7 Å². The average Bonchev–Trinajstić information content (AvgIpc) is 3.37. The molecule has 3 amide bonds. The number of hydrogen-bond acceptors (Lipinski definition) is 3. The Balaban J connectivity index is 1.40. The standard InChI is InChI=1S/C22H17BrN2O3/c23-15-6-8-16(9-7-15)24-20(26)14-2-1-3-17(11-14)25-21(27)18-12-4-5-13(10-12)19(18)22(25)28/h1-9,11-13,18-19H,10H2,(H,24,26)/t12-,13-,18+,19+/m0/s1. The topological polar surface area (TPSA) is 66.5 Å². The minimum atomic E-state index is -0.287. The Labute approximate surface area is 170 Å². The zero-order valence-corrected chi connectivity index (χ0v) is 16.4. The molecule has 2 fully saturated rings. The van der Waals surface area contributed by atoms with Crippen molar-refractivity contribution in [1.29, 1.82) is 0 Å². The summed E-state index contributed by atoms with van der Waals surface area (Å²) in [4.78, 5) is 39.8. The smallest absolute Gasteiger partial charge is 0.255 e. The Kier molecular flexibility index (Phi) is 3.98. The van der Waals surface area contributed by atoms with Crippen molar-refractivity contribution in [2.75, 3.05) is 10.2 Å². The van der Waals surface area contributed by atoms with Gasteiger partial charge in [0.2, 0.25) is 11.8 Å². The first kappa shape index (κ1) is 17.4. The number of halogens is 1. The van der Waals surface area contributed by atoms with Crippen molar-refractivity contribution in [3.05, 3.63) is 70.7 Å². The number of nitrogens with zero attached hydrogens (tertiary/aromatic N) is 1. The van der Waals surface area contributed by atoms with E-state index in [1.807, 2.05) is 12.1 Å². The summed E-state index contributed by atoms with van der Waals surface area (Å²) in [6, 6.07) is 14.0. The van der Waals surface area contributed by atoms with Gasteiger partial charge < -0.3 is 5.32 Å². The SMILES string of the molecule is O=C(Nc1ccc(Br)cc1)c1cccc(N2C(=O)[C@H]3[C@H](C2=O)[C@H]2C=C[C@H]3C2)c1. The van der Waals surface area contributed by atoms with Crippen molar-refractivity contribution in [3.63, 3.8) is 0 Å². The fraction of sp³-hybridized carbons (Fsp3) is 0.227. The maximum absolute atomic E-state index is 13.0. The lowest BCUT2D eigenvalue weighted by molar-refractivity contribution is -0.123. The number of amides is 3. The molecule has 4 atom stereocenters. The van der Waals surface area contributed by atoms with E-state index in [0.29, 0.717) is 16.9 Å². The zero-order chi connectivity index (χ0) is 19.4. The van der Waals surface area contributed by atoms with Crippen LogP contribution in [0.25, 0.3) is 0 Å². The molecule has 2 aliphatic carbocycles. The summed E-state index contributed by atoms with van der Waals surface area (Å²) < 4.78 is 0.924. The van der Waals surface area contributed by atoms with Crippen LogP contribution in [-0.2, 0) is 9.59 Å². The quantitative estimate of drug-likeness (QED) is 0.583. The minimum Gasteiger partial charge on any atom is -0.322 e. The van der Waals surface area contributed by atoms with E-state index in [0.717, 1.165) is 10.9 Å². The van der Waals surface area contributed by atoms with E-state index in [2.05, 4.69) is 33.4 Å². The van der Waals surface area contributed by atoms with Crippen molar-refractivity contribution in [2.24, 2.45) is 23.7 Å². The molecule has 1 saturated heterocycles. The molecule has 6 heteroatoms. The van der Waals surface area contributed by atoms with Gasteiger partial charge in [0.05, 0.1) is 17.5 Å². The molecule has 0 spiro atoms. The normalized spacial score (nSPS) is 27.4. The molecule has 1 saturated carbocycles. The van der Waals surface area contributed by atoms with Gasteiger partial charge in [0.15, 0.2) is 0 Å². The molecule has 2 bridgehead atoms. The highest BCUT2D eigenvalue weighted by Crippen LogP contribution is 2.53. The summed E-state index contributed by atoms with van der Waals surface area (Å²) >= 11 is 3.36. The summed E-state index contributed by atoms with van der Waals surface area (Å²) in [5.41, 5.74) is 1.54. The summed E-state index contributed by atoms with van der Waals surface area (Å²) in [6.45, 7) is 0. The first-order valence-electron chi connectivity index (χ1n) is 9.26. The second-order valence-corrected chi connectivity index (χ2v) is 8.44. The highest BCUT2D eigenvalue weighted by molar-refractivity contribution is 9.10. The van der Waals surface area contributed by atoms with Gasteiger partial charge >= 0.3 is 0 Å². The maximum atomic E-state index is 13.0. The summed E-state index contributed by atoms with van der Waals surface area (Å²) in [5.74, 6) is -0.731. The summed E-state index contributed by atoms with van der Waals surface area (Å²) in [7, 11) is 0. The van der Waals surface area contributed by atoms with Crippen molar-refractivity contribution in [3.8, 4) is 0 Å². The Bertz CT molecular complexity index is 1000.